The van der Waals surface area contributed by atoms with Crippen molar-refractivity contribution in [3.63, 3.8) is 0 Å². The lowest BCUT2D eigenvalue weighted by Gasteiger charge is -2.01. The number of hydrogen-bond acceptors (Lipinski definition) is 5. The zero-order chi connectivity index (χ0) is 9.84. The molecular formula is C8H12N2O2S. The summed E-state index contributed by atoms with van der Waals surface area (Å²) in [4.78, 5) is 11.4. The number of nitrogen functional groups attached to an aromatic ring is 1. The molecule has 2 N–H and O–H groups in total. The number of ether oxygens (including phenoxy) is 1. The van der Waals surface area contributed by atoms with Crippen LogP contribution in [0.3, 0.4) is 0 Å². The predicted octanol–water partition coefficient (Wildman–Crippen LogP) is 1.60. The summed E-state index contributed by atoms with van der Waals surface area (Å²) in [5.74, 6) is -0.370. The van der Waals surface area contributed by atoms with Crippen molar-refractivity contribution in [3.8, 4) is 0 Å². The fourth-order valence-electron chi connectivity index (χ4n) is 0.902. The van der Waals surface area contributed by atoms with Crippen LogP contribution < -0.4 is 5.73 Å². The average Bonchev–Trinajstić information content (AvgIpc) is 2.42. The molecule has 0 amide bonds. The van der Waals surface area contributed by atoms with E-state index in [9.17, 15) is 4.79 Å². The summed E-state index contributed by atoms with van der Waals surface area (Å²) >= 11 is 1.12. The van der Waals surface area contributed by atoms with Crippen LogP contribution in [-0.4, -0.2) is 16.9 Å². The van der Waals surface area contributed by atoms with E-state index in [1.807, 2.05) is 6.92 Å². The number of carbonyl (C=O) groups is 1. The topological polar surface area (TPSA) is 65.2 Å². The Labute approximate surface area is 80.9 Å². The van der Waals surface area contributed by atoms with Gasteiger partial charge in [-0.05, 0) is 24.9 Å². The van der Waals surface area contributed by atoms with Gasteiger partial charge in [0.2, 0.25) is 0 Å². The van der Waals surface area contributed by atoms with Gasteiger partial charge in [0.1, 0.15) is 10.6 Å². The second-order valence-corrected chi connectivity index (χ2v) is 3.45. The maximum absolute atomic E-state index is 11.4. The number of aromatic nitrogens is 1. The second-order valence-electron chi connectivity index (χ2n) is 2.64. The standard InChI is InChI=1S/C8H12N2O2S/c1-3-4-12-8(11)6-5(2)10-13-7(6)9/h3-4,9H2,1-2H3. The Morgan fingerprint density at radius 1 is 1.69 bits per heavy atom. The van der Waals surface area contributed by atoms with Crippen LogP contribution in [0.2, 0.25) is 0 Å². The lowest BCUT2D eigenvalue weighted by atomic mass is 10.2. The van der Waals surface area contributed by atoms with E-state index in [0.717, 1.165) is 18.0 Å². The first-order valence-corrected chi connectivity index (χ1v) is 4.83. The van der Waals surface area contributed by atoms with Gasteiger partial charge in [-0.15, -0.1) is 0 Å². The van der Waals surface area contributed by atoms with Crippen molar-refractivity contribution in [1.29, 1.82) is 0 Å². The van der Waals surface area contributed by atoms with Crippen LogP contribution in [0.4, 0.5) is 5.00 Å². The lowest BCUT2D eigenvalue weighted by molar-refractivity contribution is 0.0506. The minimum Gasteiger partial charge on any atom is -0.462 e. The molecule has 0 aromatic carbocycles. The molecule has 13 heavy (non-hydrogen) atoms. The third-order valence-corrected chi connectivity index (χ3v) is 2.30. The van der Waals surface area contributed by atoms with Gasteiger partial charge >= 0.3 is 5.97 Å². The van der Waals surface area contributed by atoms with Crippen molar-refractivity contribution >= 4 is 22.5 Å². The van der Waals surface area contributed by atoms with Crippen molar-refractivity contribution in [1.82, 2.24) is 4.37 Å². The first-order chi connectivity index (χ1) is 6.16. The molecule has 4 nitrogen and oxygen atoms in total. The average molecular weight is 200 g/mol. The van der Waals surface area contributed by atoms with Gasteiger partial charge in [-0.25, -0.2) is 4.79 Å². The van der Waals surface area contributed by atoms with Crippen molar-refractivity contribution < 1.29 is 9.53 Å². The van der Waals surface area contributed by atoms with Crippen molar-refractivity contribution in [2.24, 2.45) is 0 Å². The normalized spacial score (nSPS) is 10.0. The molecule has 5 heteroatoms. The quantitative estimate of drug-likeness (QED) is 0.753. The Morgan fingerprint density at radius 2 is 2.38 bits per heavy atom. The van der Waals surface area contributed by atoms with Gasteiger partial charge in [-0.1, -0.05) is 6.92 Å². The summed E-state index contributed by atoms with van der Waals surface area (Å²) in [6.07, 6.45) is 0.808. The minimum absolute atomic E-state index is 0.370. The molecule has 0 fully saturated rings. The number of carbonyl (C=O) groups excluding carboxylic acids is 1. The van der Waals surface area contributed by atoms with Crippen LogP contribution in [0.15, 0.2) is 0 Å². The molecule has 1 aromatic rings. The molecule has 0 unspecified atom stereocenters. The number of esters is 1. The summed E-state index contributed by atoms with van der Waals surface area (Å²) in [7, 11) is 0. The molecule has 0 saturated carbocycles. The van der Waals surface area contributed by atoms with Crippen LogP contribution in [0.5, 0.6) is 0 Å². The third kappa shape index (κ3) is 2.18. The number of hydrogen-bond donors (Lipinski definition) is 1. The Hall–Kier alpha value is -1.10. The maximum atomic E-state index is 11.4. The molecule has 0 aliphatic heterocycles. The van der Waals surface area contributed by atoms with Crippen LogP contribution >= 0.6 is 11.5 Å². The highest BCUT2D eigenvalue weighted by atomic mass is 32.1. The van der Waals surface area contributed by atoms with Crippen LogP contribution in [-0.2, 0) is 4.74 Å². The van der Waals surface area contributed by atoms with Gasteiger partial charge in [-0.2, -0.15) is 4.37 Å². The molecule has 0 atom stereocenters. The van der Waals surface area contributed by atoms with Gasteiger partial charge in [0.05, 0.1) is 12.3 Å². The number of anilines is 1. The SMILES string of the molecule is CCCOC(=O)c1c(C)nsc1N. The summed E-state index contributed by atoms with van der Waals surface area (Å²) in [5, 5.41) is 0.429. The highest BCUT2D eigenvalue weighted by Gasteiger charge is 2.17. The first kappa shape index (κ1) is 9.98. The van der Waals surface area contributed by atoms with E-state index in [1.54, 1.807) is 6.92 Å². The van der Waals surface area contributed by atoms with Gasteiger partial charge in [-0.3, -0.25) is 0 Å². The minimum atomic E-state index is -0.370. The molecule has 72 valence electrons. The Bertz CT molecular complexity index is 290. The van der Waals surface area contributed by atoms with Crippen LogP contribution in [0.25, 0.3) is 0 Å². The van der Waals surface area contributed by atoms with E-state index >= 15 is 0 Å². The van der Waals surface area contributed by atoms with Gasteiger partial charge in [0, 0.05) is 0 Å². The summed E-state index contributed by atoms with van der Waals surface area (Å²) in [5.41, 5.74) is 6.63. The Balaban J connectivity index is 2.76. The molecule has 0 saturated heterocycles. The van der Waals surface area contributed by atoms with E-state index < -0.39 is 0 Å². The lowest BCUT2D eigenvalue weighted by Crippen LogP contribution is -2.08. The van der Waals surface area contributed by atoms with Crippen LogP contribution in [0.1, 0.15) is 29.4 Å². The Morgan fingerprint density at radius 3 is 2.85 bits per heavy atom. The van der Waals surface area contributed by atoms with E-state index in [-0.39, 0.29) is 5.97 Å². The summed E-state index contributed by atoms with van der Waals surface area (Å²) < 4.78 is 8.91. The van der Waals surface area contributed by atoms with Gasteiger partial charge in [0.15, 0.2) is 0 Å². The van der Waals surface area contributed by atoms with Crippen molar-refractivity contribution in [2.45, 2.75) is 20.3 Å². The smallest absolute Gasteiger partial charge is 0.343 e. The first-order valence-electron chi connectivity index (χ1n) is 4.05. The molecule has 0 aliphatic rings. The maximum Gasteiger partial charge on any atom is 0.343 e. The molecule has 0 spiro atoms. The number of nitrogens with two attached hydrogens (primary N) is 1. The fraction of sp³-hybridized carbons (Fsp3) is 0.500. The second kappa shape index (κ2) is 4.23. The number of rotatable bonds is 3. The Kier molecular flexibility index (Phi) is 3.25. The van der Waals surface area contributed by atoms with Crippen molar-refractivity contribution in [3.05, 3.63) is 11.3 Å². The molecular weight excluding hydrogens is 188 g/mol. The van der Waals surface area contributed by atoms with Crippen LogP contribution in [0, 0.1) is 6.92 Å². The number of aryl methyl sites for hydroxylation is 1. The zero-order valence-electron chi connectivity index (χ0n) is 7.66. The zero-order valence-corrected chi connectivity index (χ0v) is 8.48. The number of nitrogens with zero attached hydrogens (tertiary/aromatic N) is 1. The summed E-state index contributed by atoms with van der Waals surface area (Å²) in [6, 6.07) is 0. The molecule has 0 radical (unpaired) electrons. The molecule has 1 aromatic heterocycles. The summed E-state index contributed by atoms with van der Waals surface area (Å²) in [6.45, 7) is 4.11. The molecule has 0 bridgehead atoms. The monoisotopic (exact) mass is 200 g/mol. The molecule has 1 heterocycles. The molecule has 1 rings (SSSR count). The third-order valence-electron chi connectivity index (χ3n) is 1.53. The van der Waals surface area contributed by atoms with Gasteiger partial charge < -0.3 is 10.5 Å². The van der Waals surface area contributed by atoms with E-state index in [2.05, 4.69) is 4.37 Å². The van der Waals surface area contributed by atoms with Gasteiger partial charge in [0.25, 0.3) is 0 Å². The van der Waals surface area contributed by atoms with E-state index in [1.165, 1.54) is 0 Å². The largest absolute Gasteiger partial charge is 0.462 e. The van der Waals surface area contributed by atoms with Crippen molar-refractivity contribution in [2.75, 3.05) is 12.3 Å². The predicted molar refractivity (Wildman–Crippen MR) is 51.8 cm³/mol. The molecule has 0 aliphatic carbocycles. The highest BCUT2D eigenvalue weighted by Crippen LogP contribution is 2.21. The van der Waals surface area contributed by atoms with E-state index in [4.69, 9.17) is 10.5 Å². The highest BCUT2D eigenvalue weighted by molar-refractivity contribution is 7.10. The van der Waals surface area contributed by atoms with E-state index in [0.29, 0.717) is 22.9 Å². The fourth-order valence-corrected chi connectivity index (χ4v) is 1.55.